The second-order valence-electron chi connectivity index (χ2n) is 4.31. The van der Waals surface area contributed by atoms with E-state index in [2.05, 4.69) is 0 Å². The molecule has 0 saturated carbocycles. The number of anilines is 1. The molecule has 1 fully saturated rings. The molecular formula is C12H15FN2O2S. The average molecular weight is 270 g/mol. The summed E-state index contributed by atoms with van der Waals surface area (Å²) in [6, 6.07) is 2.70. The highest BCUT2D eigenvalue weighted by molar-refractivity contribution is 7.85. The lowest BCUT2D eigenvalue weighted by Gasteiger charge is -2.26. The number of rotatable bonds is 1. The zero-order valence-corrected chi connectivity index (χ0v) is 10.9. The number of carbonyl (C=O) groups is 1. The van der Waals surface area contributed by atoms with Crippen molar-refractivity contribution in [1.82, 2.24) is 4.90 Å². The van der Waals surface area contributed by atoms with E-state index in [1.807, 2.05) is 0 Å². The Morgan fingerprint density at radius 1 is 1.39 bits per heavy atom. The van der Waals surface area contributed by atoms with Gasteiger partial charge in [-0.05, 0) is 19.1 Å². The molecule has 1 amide bonds. The number of hydrogen-bond acceptors (Lipinski definition) is 3. The Morgan fingerprint density at radius 2 is 2.00 bits per heavy atom. The maximum absolute atomic E-state index is 13.5. The Kier molecular flexibility index (Phi) is 3.65. The molecule has 0 spiro atoms. The summed E-state index contributed by atoms with van der Waals surface area (Å²) < 4.78 is 24.7. The number of halogens is 1. The highest BCUT2D eigenvalue weighted by Gasteiger charge is 2.22. The molecule has 1 aliphatic heterocycles. The smallest absolute Gasteiger partial charge is 0.254 e. The minimum Gasteiger partial charge on any atom is -0.398 e. The van der Waals surface area contributed by atoms with Crippen LogP contribution in [0.4, 0.5) is 10.1 Å². The molecule has 2 rings (SSSR count). The molecular weight excluding hydrogens is 255 g/mol. The Morgan fingerprint density at radius 3 is 2.56 bits per heavy atom. The third kappa shape index (κ3) is 2.53. The van der Waals surface area contributed by atoms with Crippen molar-refractivity contribution in [3.63, 3.8) is 0 Å². The molecule has 1 aromatic rings. The summed E-state index contributed by atoms with van der Waals surface area (Å²) in [7, 11) is -0.839. The lowest BCUT2D eigenvalue weighted by molar-refractivity contribution is 0.0771. The fourth-order valence-corrected chi connectivity index (χ4v) is 2.90. The van der Waals surface area contributed by atoms with E-state index < -0.39 is 16.6 Å². The number of benzene rings is 1. The number of carbonyl (C=O) groups excluding carboxylic acids is 1. The van der Waals surface area contributed by atoms with E-state index in [0.717, 1.165) is 0 Å². The lowest BCUT2D eigenvalue weighted by atomic mass is 10.1. The van der Waals surface area contributed by atoms with Crippen molar-refractivity contribution in [3.05, 3.63) is 29.1 Å². The maximum atomic E-state index is 13.5. The number of nitrogen functional groups attached to an aromatic ring is 1. The fraction of sp³-hybridized carbons (Fsp3) is 0.417. The van der Waals surface area contributed by atoms with E-state index in [0.29, 0.717) is 30.2 Å². The van der Waals surface area contributed by atoms with Gasteiger partial charge in [0.15, 0.2) is 0 Å². The Balaban J connectivity index is 2.21. The van der Waals surface area contributed by atoms with Crippen molar-refractivity contribution in [3.8, 4) is 0 Å². The molecule has 0 unspecified atom stereocenters. The number of amides is 1. The van der Waals surface area contributed by atoms with E-state index in [1.165, 1.54) is 12.1 Å². The summed E-state index contributed by atoms with van der Waals surface area (Å²) in [6.07, 6.45) is 0. The van der Waals surface area contributed by atoms with E-state index in [-0.39, 0.29) is 17.2 Å². The molecule has 1 aliphatic rings. The molecule has 6 heteroatoms. The van der Waals surface area contributed by atoms with Gasteiger partial charge in [-0.25, -0.2) is 4.39 Å². The third-order valence-corrected chi connectivity index (χ3v) is 4.37. The van der Waals surface area contributed by atoms with Crippen LogP contribution in [0.5, 0.6) is 0 Å². The van der Waals surface area contributed by atoms with E-state index in [1.54, 1.807) is 11.8 Å². The van der Waals surface area contributed by atoms with Gasteiger partial charge in [0.25, 0.3) is 5.91 Å². The van der Waals surface area contributed by atoms with E-state index >= 15 is 0 Å². The van der Waals surface area contributed by atoms with Gasteiger partial charge in [-0.2, -0.15) is 0 Å². The molecule has 2 N–H and O–H groups in total. The first kappa shape index (κ1) is 13.0. The zero-order chi connectivity index (χ0) is 13.3. The van der Waals surface area contributed by atoms with Crippen molar-refractivity contribution in [2.45, 2.75) is 6.92 Å². The maximum Gasteiger partial charge on any atom is 0.254 e. The molecule has 0 radical (unpaired) electrons. The van der Waals surface area contributed by atoms with Crippen LogP contribution in [-0.4, -0.2) is 39.6 Å². The molecule has 1 heterocycles. The first-order valence-electron chi connectivity index (χ1n) is 5.69. The molecule has 98 valence electrons. The van der Waals surface area contributed by atoms with Crippen LogP contribution in [0, 0.1) is 12.7 Å². The second-order valence-corrected chi connectivity index (χ2v) is 6.01. The van der Waals surface area contributed by atoms with Crippen LogP contribution >= 0.6 is 0 Å². The Bertz CT molecular complexity index is 486. The van der Waals surface area contributed by atoms with Crippen LogP contribution in [0.1, 0.15) is 15.9 Å². The molecule has 4 nitrogen and oxygen atoms in total. The normalized spacial score (nSPS) is 16.9. The quantitative estimate of drug-likeness (QED) is 0.772. The summed E-state index contributed by atoms with van der Waals surface area (Å²) in [6.45, 7) is 2.46. The van der Waals surface area contributed by atoms with Crippen LogP contribution in [0.15, 0.2) is 12.1 Å². The first-order chi connectivity index (χ1) is 8.49. The van der Waals surface area contributed by atoms with Gasteiger partial charge in [0, 0.05) is 52.2 Å². The number of nitrogens with zero attached hydrogens (tertiary/aromatic N) is 1. The van der Waals surface area contributed by atoms with Crippen molar-refractivity contribution in [1.29, 1.82) is 0 Å². The third-order valence-electron chi connectivity index (χ3n) is 3.10. The standard InChI is InChI=1S/C12H15FN2O2S/c1-8-10(13)6-9(7-11(8)14)12(16)15-2-4-18(17)5-3-15/h6-7H,2-5,14H2,1H3. The number of nitrogens with two attached hydrogens (primary N) is 1. The van der Waals surface area contributed by atoms with Crippen molar-refractivity contribution in [2.24, 2.45) is 0 Å². The predicted molar refractivity (Wildman–Crippen MR) is 69.3 cm³/mol. The second kappa shape index (κ2) is 5.06. The SMILES string of the molecule is Cc1c(N)cc(C(=O)N2CCS(=O)CC2)cc1F. The fourth-order valence-electron chi connectivity index (χ4n) is 1.85. The molecule has 0 aliphatic carbocycles. The molecule has 0 bridgehead atoms. The van der Waals surface area contributed by atoms with Crippen LogP contribution in [-0.2, 0) is 10.8 Å². The minimum absolute atomic E-state index is 0.252. The van der Waals surface area contributed by atoms with Crippen molar-refractivity contribution in [2.75, 3.05) is 30.3 Å². The van der Waals surface area contributed by atoms with E-state index in [4.69, 9.17) is 5.73 Å². The summed E-state index contributed by atoms with van der Waals surface area (Å²) in [5.74, 6) is 0.238. The number of hydrogen-bond donors (Lipinski definition) is 1. The highest BCUT2D eigenvalue weighted by Crippen LogP contribution is 2.19. The Labute approximate surface area is 107 Å². The van der Waals surface area contributed by atoms with Gasteiger partial charge in [-0.15, -0.1) is 0 Å². The molecule has 1 aromatic carbocycles. The molecule has 1 saturated heterocycles. The minimum atomic E-state index is -0.839. The summed E-state index contributed by atoms with van der Waals surface area (Å²) in [4.78, 5) is 13.7. The molecule has 0 aromatic heterocycles. The predicted octanol–water partition coefficient (Wildman–Crippen LogP) is 0.921. The van der Waals surface area contributed by atoms with E-state index in [9.17, 15) is 13.4 Å². The lowest BCUT2D eigenvalue weighted by Crippen LogP contribution is -2.41. The first-order valence-corrected chi connectivity index (χ1v) is 7.17. The topological polar surface area (TPSA) is 63.4 Å². The average Bonchev–Trinajstić information content (AvgIpc) is 2.35. The van der Waals surface area contributed by atoms with Gasteiger partial charge in [0.2, 0.25) is 0 Å². The van der Waals surface area contributed by atoms with Gasteiger partial charge in [-0.1, -0.05) is 0 Å². The van der Waals surface area contributed by atoms with Gasteiger partial charge >= 0.3 is 0 Å². The molecule has 18 heavy (non-hydrogen) atoms. The van der Waals surface area contributed by atoms with Crippen LogP contribution in [0.25, 0.3) is 0 Å². The van der Waals surface area contributed by atoms with Crippen molar-refractivity contribution < 1.29 is 13.4 Å². The van der Waals surface area contributed by atoms with Crippen molar-refractivity contribution >= 4 is 22.4 Å². The van der Waals surface area contributed by atoms with Gasteiger partial charge in [-0.3, -0.25) is 9.00 Å². The van der Waals surface area contributed by atoms with Crippen LogP contribution < -0.4 is 5.73 Å². The highest BCUT2D eigenvalue weighted by atomic mass is 32.2. The van der Waals surface area contributed by atoms with Gasteiger partial charge < -0.3 is 10.6 Å². The summed E-state index contributed by atoms with van der Waals surface area (Å²) in [5, 5.41) is 0. The summed E-state index contributed by atoms with van der Waals surface area (Å²) >= 11 is 0. The van der Waals surface area contributed by atoms with Gasteiger partial charge in [0.05, 0.1) is 0 Å². The Hall–Kier alpha value is -1.43. The largest absolute Gasteiger partial charge is 0.398 e. The van der Waals surface area contributed by atoms with Crippen LogP contribution in [0.2, 0.25) is 0 Å². The molecule has 0 atom stereocenters. The zero-order valence-electron chi connectivity index (χ0n) is 10.1. The van der Waals surface area contributed by atoms with Gasteiger partial charge in [0.1, 0.15) is 5.82 Å². The monoisotopic (exact) mass is 270 g/mol. The summed E-state index contributed by atoms with van der Waals surface area (Å²) in [5.41, 5.74) is 6.53. The van der Waals surface area contributed by atoms with Crippen LogP contribution in [0.3, 0.4) is 0 Å².